The first-order valence-electron chi connectivity index (χ1n) is 14.2. The maximum Gasteiger partial charge on any atom is 0.259 e. The summed E-state index contributed by atoms with van der Waals surface area (Å²) in [5, 5.41) is 101. The molecule has 10 atom stereocenters. The second-order valence-corrected chi connectivity index (χ2v) is 12.2. The second-order valence-electron chi connectivity index (χ2n) is 12.2. The summed E-state index contributed by atoms with van der Waals surface area (Å²) in [4.78, 5) is 42.6. The van der Waals surface area contributed by atoms with Crippen LogP contribution >= 0.6 is 24.8 Å². The SMILES string of the molecule is CN(C)C1C(=O)C(C(=O)NCNC2C(O)OC(CO)C(O)C2O)=C(O)C2(O)C(=O)C3=C(O)c4c(O)cccc4C(C)(O)C3CC12.Cl.Cl. The number of rotatable bonds is 6. The molecule has 5 rings (SSSR count). The van der Waals surface area contributed by atoms with Crippen LogP contribution in [0.4, 0.5) is 0 Å². The Kier molecular flexibility index (Phi) is 11.1. The highest BCUT2D eigenvalue weighted by molar-refractivity contribution is 6.25. The van der Waals surface area contributed by atoms with Crippen LogP contribution in [0, 0.1) is 11.8 Å². The van der Waals surface area contributed by atoms with Gasteiger partial charge in [-0.2, -0.15) is 0 Å². The van der Waals surface area contributed by atoms with E-state index in [1.165, 1.54) is 44.1 Å². The van der Waals surface area contributed by atoms with Gasteiger partial charge in [-0.3, -0.25) is 24.6 Å². The Bertz CT molecular complexity index is 1500. The molecule has 1 aromatic carbocycles. The monoisotopic (exact) mass is 707 g/mol. The third-order valence-corrected chi connectivity index (χ3v) is 9.49. The van der Waals surface area contributed by atoms with Gasteiger partial charge in [-0.1, -0.05) is 12.1 Å². The smallest absolute Gasteiger partial charge is 0.259 e. The molecule has 1 heterocycles. The predicted molar refractivity (Wildman–Crippen MR) is 165 cm³/mol. The molecule has 1 aromatic rings. The number of halogens is 2. The van der Waals surface area contributed by atoms with Gasteiger partial charge in [0.1, 0.15) is 41.2 Å². The number of fused-ring (bicyclic) bond motifs is 3. The van der Waals surface area contributed by atoms with Crippen LogP contribution in [0.3, 0.4) is 0 Å². The highest BCUT2D eigenvalue weighted by Gasteiger charge is 2.66. The lowest BCUT2D eigenvalue weighted by Crippen LogP contribution is -2.67. The fourth-order valence-electron chi connectivity index (χ4n) is 7.14. The third kappa shape index (κ3) is 5.70. The van der Waals surface area contributed by atoms with Crippen LogP contribution in [0.1, 0.15) is 24.5 Å². The molecular formula is C29H39Cl2N3O13. The standard InChI is InChI=1S/C29H37N3O13.2ClH/c1-28(43)10-5-4-6-13(34)15(10)21(36)16-11(28)7-12-19(32(2)3)22(37)17(25(40)29(12,44)24(16)39)26(41)31-9-30-18-23(38)20(35)14(8-33)45-27(18)42;;/h4-6,11-12,14,18-20,23,27,30,33-36,38,40,42-44H,7-9H2,1-3H3,(H,31,41);2*1H. The lowest BCUT2D eigenvalue weighted by atomic mass is 9.54. The Labute approximate surface area is 280 Å². The number of nitrogens with zero attached hydrogens (tertiary/aromatic N) is 1. The summed E-state index contributed by atoms with van der Waals surface area (Å²) < 4.78 is 5.04. The normalized spacial score (nSPS) is 36.6. The first-order valence-corrected chi connectivity index (χ1v) is 14.2. The largest absolute Gasteiger partial charge is 0.508 e. The molecule has 1 saturated carbocycles. The second kappa shape index (κ2) is 13.6. The molecule has 2 fully saturated rings. The van der Waals surface area contributed by atoms with E-state index < -0.39 is 119 Å². The Morgan fingerprint density at radius 3 is 2.30 bits per heavy atom. The van der Waals surface area contributed by atoms with Crippen LogP contribution in [0.25, 0.3) is 5.76 Å². The van der Waals surface area contributed by atoms with Gasteiger partial charge in [0.25, 0.3) is 5.91 Å². The van der Waals surface area contributed by atoms with Gasteiger partial charge >= 0.3 is 0 Å². The molecule has 262 valence electrons. The molecule has 10 unspecified atom stereocenters. The summed E-state index contributed by atoms with van der Waals surface area (Å²) in [5.41, 5.74) is -6.35. The fourth-order valence-corrected chi connectivity index (χ4v) is 7.14. The summed E-state index contributed by atoms with van der Waals surface area (Å²) in [6.07, 6.45) is -6.52. The summed E-state index contributed by atoms with van der Waals surface area (Å²) in [6.45, 7) is 0.104. The number of hydrogen-bond donors (Lipinski definition) is 11. The average Bonchev–Trinajstić information content (AvgIpc) is 2.97. The van der Waals surface area contributed by atoms with Crippen molar-refractivity contribution in [3.63, 3.8) is 0 Å². The van der Waals surface area contributed by atoms with Gasteiger partial charge in [0, 0.05) is 17.4 Å². The van der Waals surface area contributed by atoms with Crippen molar-refractivity contribution in [2.75, 3.05) is 27.4 Å². The van der Waals surface area contributed by atoms with Crippen LogP contribution in [-0.4, -0.2) is 138 Å². The number of benzene rings is 1. The van der Waals surface area contributed by atoms with E-state index in [0.29, 0.717) is 0 Å². The fraction of sp³-hybridized carbons (Fsp3) is 0.552. The number of phenols is 1. The lowest BCUT2D eigenvalue weighted by Gasteiger charge is -2.53. The number of ketones is 2. The van der Waals surface area contributed by atoms with Crippen molar-refractivity contribution in [2.24, 2.45) is 11.8 Å². The van der Waals surface area contributed by atoms with E-state index in [0.717, 1.165) is 0 Å². The molecule has 0 spiro atoms. The molecule has 0 bridgehead atoms. The molecule has 1 amide bonds. The first kappa shape index (κ1) is 38.6. The van der Waals surface area contributed by atoms with Crippen molar-refractivity contribution in [3.8, 4) is 5.75 Å². The topological polar surface area (TPSA) is 270 Å². The van der Waals surface area contributed by atoms with Gasteiger partial charge in [-0.05, 0) is 39.1 Å². The number of aromatic hydroxyl groups is 1. The third-order valence-electron chi connectivity index (χ3n) is 9.49. The zero-order valence-electron chi connectivity index (χ0n) is 25.4. The van der Waals surface area contributed by atoms with E-state index in [9.17, 15) is 60.3 Å². The quantitative estimate of drug-likeness (QED) is 0.107. The van der Waals surface area contributed by atoms with Crippen molar-refractivity contribution in [1.29, 1.82) is 0 Å². The maximum atomic E-state index is 14.1. The van der Waals surface area contributed by atoms with Crippen molar-refractivity contribution < 1.29 is 65.1 Å². The van der Waals surface area contributed by atoms with Crippen LogP contribution in [0.5, 0.6) is 5.75 Å². The van der Waals surface area contributed by atoms with Crippen LogP contribution in [0.15, 0.2) is 35.1 Å². The Morgan fingerprint density at radius 1 is 1.06 bits per heavy atom. The number of phenolic OH excluding ortho intramolecular Hbond substituents is 1. The van der Waals surface area contributed by atoms with Gasteiger partial charge in [0.05, 0.1) is 36.5 Å². The summed E-state index contributed by atoms with van der Waals surface area (Å²) in [5.74, 6) is -8.49. The average molecular weight is 709 g/mol. The van der Waals surface area contributed by atoms with Crippen molar-refractivity contribution in [1.82, 2.24) is 15.5 Å². The minimum Gasteiger partial charge on any atom is -0.508 e. The molecule has 16 nitrogen and oxygen atoms in total. The zero-order chi connectivity index (χ0) is 33.3. The molecule has 18 heteroatoms. The van der Waals surface area contributed by atoms with Gasteiger partial charge in [-0.15, -0.1) is 24.8 Å². The highest BCUT2D eigenvalue weighted by Crippen LogP contribution is 2.57. The molecule has 0 radical (unpaired) electrons. The number of nitrogens with one attached hydrogen (secondary N) is 2. The molecule has 47 heavy (non-hydrogen) atoms. The van der Waals surface area contributed by atoms with Crippen molar-refractivity contribution in [3.05, 3.63) is 46.2 Å². The molecule has 3 aliphatic carbocycles. The number of carbonyl (C=O) groups is 3. The van der Waals surface area contributed by atoms with Gasteiger partial charge in [-0.25, -0.2) is 0 Å². The van der Waals surface area contributed by atoms with E-state index in [1.807, 2.05) is 0 Å². The number of hydrogen-bond acceptors (Lipinski definition) is 15. The van der Waals surface area contributed by atoms with Gasteiger partial charge in [0.2, 0.25) is 5.78 Å². The Balaban J connectivity index is 0.00000300. The van der Waals surface area contributed by atoms with E-state index >= 15 is 0 Å². The number of ether oxygens (including phenoxy) is 1. The van der Waals surface area contributed by atoms with Crippen LogP contribution in [-0.2, 0) is 24.7 Å². The summed E-state index contributed by atoms with van der Waals surface area (Å²) >= 11 is 0. The predicted octanol–water partition coefficient (Wildman–Crippen LogP) is -2.55. The van der Waals surface area contributed by atoms with E-state index in [1.54, 1.807) is 0 Å². The minimum atomic E-state index is -2.91. The molecular weight excluding hydrogens is 669 g/mol. The van der Waals surface area contributed by atoms with Crippen LogP contribution < -0.4 is 10.6 Å². The van der Waals surface area contributed by atoms with Gasteiger partial charge in [0.15, 0.2) is 17.7 Å². The summed E-state index contributed by atoms with van der Waals surface area (Å²) in [6, 6.07) is 1.41. The molecule has 4 aliphatic rings. The molecule has 1 aliphatic heterocycles. The number of aliphatic hydroxyl groups is 8. The molecule has 0 aromatic heterocycles. The maximum absolute atomic E-state index is 14.1. The van der Waals surface area contributed by atoms with Crippen LogP contribution in [0.2, 0.25) is 0 Å². The van der Waals surface area contributed by atoms with Crippen molar-refractivity contribution in [2.45, 2.75) is 61.2 Å². The van der Waals surface area contributed by atoms with E-state index in [-0.39, 0.29) is 42.4 Å². The van der Waals surface area contributed by atoms with Crippen molar-refractivity contribution >= 4 is 48.0 Å². The first-order chi connectivity index (χ1) is 21.0. The minimum absolute atomic E-state index is 0. The Morgan fingerprint density at radius 2 is 1.70 bits per heavy atom. The zero-order valence-corrected chi connectivity index (χ0v) is 27.0. The van der Waals surface area contributed by atoms with E-state index in [4.69, 9.17) is 4.74 Å². The summed E-state index contributed by atoms with van der Waals surface area (Å²) in [7, 11) is 2.91. The number of carbonyl (C=O) groups excluding carboxylic acids is 3. The lowest BCUT2D eigenvalue weighted by molar-refractivity contribution is -0.254. The molecule has 1 saturated heterocycles. The molecule has 11 N–H and O–H groups in total. The number of aliphatic hydroxyl groups excluding tert-OH is 6. The van der Waals surface area contributed by atoms with Gasteiger partial charge < -0.3 is 56.0 Å². The number of amides is 1. The number of likely N-dealkylation sites (N-methyl/N-ethyl adjacent to an activating group) is 1. The highest BCUT2D eigenvalue weighted by atomic mass is 35.5. The number of Topliss-reactive ketones (excluding diaryl/α,β-unsaturated/α-hetero) is 2. The van der Waals surface area contributed by atoms with E-state index in [2.05, 4.69) is 10.6 Å². The Hall–Kier alpha value is -2.87.